The van der Waals surface area contributed by atoms with Crippen molar-refractivity contribution in [3.05, 3.63) is 64.7 Å². The molecule has 0 bridgehead atoms. The maximum Gasteiger partial charge on any atom is 0.252 e. The summed E-state index contributed by atoms with van der Waals surface area (Å²) in [4.78, 5) is 14.9. The molecule has 1 amide bonds. The van der Waals surface area contributed by atoms with Gasteiger partial charge in [-0.05, 0) is 36.7 Å². The van der Waals surface area contributed by atoms with Crippen LogP contribution in [-0.4, -0.2) is 70.0 Å². The van der Waals surface area contributed by atoms with Gasteiger partial charge >= 0.3 is 0 Å². The molecule has 0 atom stereocenters. The SMILES string of the molecule is CN(Cc1ccccc1)S(=O)(=O)c1ccc(Cl)c(C(=O)NCCCN2CCOCC2)c1. The highest BCUT2D eigenvalue weighted by molar-refractivity contribution is 7.89. The van der Waals surface area contributed by atoms with Crippen molar-refractivity contribution in [3.63, 3.8) is 0 Å². The Hall–Kier alpha value is -1.97. The number of nitrogens with zero attached hydrogens (tertiary/aromatic N) is 2. The molecule has 7 nitrogen and oxygen atoms in total. The van der Waals surface area contributed by atoms with Gasteiger partial charge in [-0.15, -0.1) is 0 Å². The van der Waals surface area contributed by atoms with E-state index in [-0.39, 0.29) is 27.9 Å². The fraction of sp³-hybridized carbons (Fsp3) is 0.409. The standard InChI is InChI=1S/C22H28ClN3O4S/c1-25(17-18-6-3-2-4-7-18)31(28,29)19-8-9-21(23)20(16-19)22(27)24-10-5-11-26-12-14-30-15-13-26/h2-4,6-9,16H,5,10-15,17H2,1H3,(H,24,27). The number of ether oxygens (including phenoxy) is 1. The first-order valence-electron chi connectivity index (χ1n) is 10.3. The van der Waals surface area contributed by atoms with E-state index in [1.54, 1.807) is 0 Å². The maximum absolute atomic E-state index is 13.0. The third kappa shape index (κ3) is 6.51. The lowest BCUT2D eigenvalue weighted by molar-refractivity contribution is 0.0374. The van der Waals surface area contributed by atoms with Crippen LogP contribution in [0.15, 0.2) is 53.4 Å². The minimum atomic E-state index is -3.77. The second-order valence-corrected chi connectivity index (χ2v) is 9.90. The Morgan fingerprint density at radius 2 is 1.87 bits per heavy atom. The Kier molecular flexibility index (Phi) is 8.45. The van der Waals surface area contributed by atoms with E-state index in [9.17, 15) is 13.2 Å². The number of hydrogen-bond acceptors (Lipinski definition) is 5. The molecule has 0 unspecified atom stereocenters. The van der Waals surface area contributed by atoms with Gasteiger partial charge in [0.2, 0.25) is 10.0 Å². The number of rotatable bonds is 9. The molecule has 0 radical (unpaired) electrons. The van der Waals surface area contributed by atoms with Gasteiger partial charge in [-0.3, -0.25) is 9.69 Å². The molecule has 2 aromatic carbocycles. The van der Waals surface area contributed by atoms with Gasteiger partial charge < -0.3 is 10.1 Å². The van der Waals surface area contributed by atoms with Crippen molar-refractivity contribution in [1.29, 1.82) is 0 Å². The number of carbonyl (C=O) groups excluding carboxylic acids is 1. The Morgan fingerprint density at radius 1 is 1.16 bits per heavy atom. The van der Waals surface area contributed by atoms with E-state index in [0.717, 1.165) is 44.8 Å². The Balaban J connectivity index is 1.62. The van der Waals surface area contributed by atoms with Crippen LogP contribution in [0, 0.1) is 0 Å². The molecular weight excluding hydrogens is 438 g/mol. The highest BCUT2D eigenvalue weighted by Crippen LogP contribution is 2.23. The van der Waals surface area contributed by atoms with Gasteiger partial charge in [0.05, 0.1) is 28.7 Å². The molecule has 1 saturated heterocycles. The Morgan fingerprint density at radius 3 is 2.58 bits per heavy atom. The molecule has 3 rings (SSSR count). The summed E-state index contributed by atoms with van der Waals surface area (Å²) >= 11 is 6.19. The zero-order chi connectivity index (χ0) is 22.3. The average Bonchev–Trinajstić information content (AvgIpc) is 2.78. The number of benzene rings is 2. The van der Waals surface area contributed by atoms with Crippen molar-refractivity contribution < 1.29 is 17.9 Å². The molecular formula is C22H28ClN3O4S. The van der Waals surface area contributed by atoms with Crippen LogP contribution in [-0.2, 0) is 21.3 Å². The topological polar surface area (TPSA) is 79.0 Å². The van der Waals surface area contributed by atoms with Crippen molar-refractivity contribution in [3.8, 4) is 0 Å². The molecule has 9 heteroatoms. The molecule has 0 saturated carbocycles. The maximum atomic E-state index is 13.0. The van der Waals surface area contributed by atoms with Crippen LogP contribution in [0.3, 0.4) is 0 Å². The average molecular weight is 466 g/mol. The van der Waals surface area contributed by atoms with Crippen LogP contribution < -0.4 is 5.32 Å². The van der Waals surface area contributed by atoms with Gasteiger partial charge in [0, 0.05) is 33.2 Å². The first kappa shape index (κ1) is 23.7. The van der Waals surface area contributed by atoms with Crippen molar-refractivity contribution in [2.24, 2.45) is 0 Å². The van der Waals surface area contributed by atoms with Gasteiger partial charge in [0.25, 0.3) is 5.91 Å². The predicted molar refractivity (Wildman–Crippen MR) is 121 cm³/mol. The summed E-state index contributed by atoms with van der Waals surface area (Å²) in [6, 6.07) is 13.5. The molecule has 1 aliphatic heterocycles. The summed E-state index contributed by atoms with van der Waals surface area (Å²) in [7, 11) is -2.26. The largest absolute Gasteiger partial charge is 0.379 e. The number of morpholine rings is 1. The third-order valence-corrected chi connectivity index (χ3v) is 7.31. The monoisotopic (exact) mass is 465 g/mol. The van der Waals surface area contributed by atoms with Crippen LogP contribution >= 0.6 is 11.6 Å². The van der Waals surface area contributed by atoms with Gasteiger partial charge in [-0.2, -0.15) is 4.31 Å². The Bertz CT molecular complexity index is 980. The van der Waals surface area contributed by atoms with Crippen LogP contribution in [0.5, 0.6) is 0 Å². The van der Waals surface area contributed by atoms with E-state index in [0.29, 0.717) is 6.54 Å². The summed E-state index contributed by atoms with van der Waals surface area (Å²) in [5.41, 5.74) is 1.03. The lowest BCUT2D eigenvalue weighted by Gasteiger charge is -2.26. The van der Waals surface area contributed by atoms with E-state index in [1.165, 1.54) is 29.6 Å². The highest BCUT2D eigenvalue weighted by Gasteiger charge is 2.23. The highest BCUT2D eigenvalue weighted by atomic mass is 35.5. The van der Waals surface area contributed by atoms with Crippen LogP contribution in [0.1, 0.15) is 22.3 Å². The quantitative estimate of drug-likeness (QED) is 0.576. The first-order chi connectivity index (χ1) is 14.9. The number of hydrogen-bond donors (Lipinski definition) is 1. The van der Waals surface area contributed by atoms with E-state index in [2.05, 4.69) is 10.2 Å². The molecule has 1 heterocycles. The molecule has 0 spiro atoms. The van der Waals surface area contributed by atoms with Crippen molar-refractivity contribution in [1.82, 2.24) is 14.5 Å². The second kappa shape index (κ2) is 11.1. The van der Waals surface area contributed by atoms with Gasteiger partial charge in [-0.25, -0.2) is 8.42 Å². The smallest absolute Gasteiger partial charge is 0.252 e. The van der Waals surface area contributed by atoms with E-state index in [1.807, 2.05) is 30.3 Å². The molecule has 168 valence electrons. The van der Waals surface area contributed by atoms with Crippen LogP contribution in [0.4, 0.5) is 0 Å². The zero-order valence-electron chi connectivity index (χ0n) is 17.6. The lowest BCUT2D eigenvalue weighted by Crippen LogP contribution is -2.38. The Labute approximate surface area is 189 Å². The van der Waals surface area contributed by atoms with E-state index < -0.39 is 10.0 Å². The first-order valence-corrected chi connectivity index (χ1v) is 12.1. The minimum absolute atomic E-state index is 0.0359. The van der Waals surface area contributed by atoms with Crippen molar-refractivity contribution >= 4 is 27.5 Å². The summed E-state index contributed by atoms with van der Waals surface area (Å²) in [5, 5.41) is 3.06. The van der Waals surface area contributed by atoms with Crippen LogP contribution in [0.25, 0.3) is 0 Å². The zero-order valence-corrected chi connectivity index (χ0v) is 19.2. The van der Waals surface area contributed by atoms with Crippen molar-refractivity contribution in [2.45, 2.75) is 17.9 Å². The third-order valence-electron chi connectivity index (χ3n) is 5.18. The second-order valence-electron chi connectivity index (χ2n) is 7.45. The summed E-state index contributed by atoms with van der Waals surface area (Å²) in [5.74, 6) is -0.380. The number of amides is 1. The van der Waals surface area contributed by atoms with Crippen LogP contribution in [0.2, 0.25) is 5.02 Å². The minimum Gasteiger partial charge on any atom is -0.379 e. The predicted octanol–water partition coefficient (Wildman–Crippen LogP) is 2.61. The molecule has 0 aromatic heterocycles. The molecule has 2 aromatic rings. The number of halogens is 1. The van der Waals surface area contributed by atoms with Crippen molar-refractivity contribution in [2.75, 3.05) is 46.4 Å². The lowest BCUT2D eigenvalue weighted by atomic mass is 10.2. The van der Waals surface area contributed by atoms with E-state index in [4.69, 9.17) is 16.3 Å². The molecule has 1 aliphatic rings. The van der Waals surface area contributed by atoms with E-state index >= 15 is 0 Å². The van der Waals surface area contributed by atoms with Gasteiger partial charge in [0.15, 0.2) is 0 Å². The summed E-state index contributed by atoms with van der Waals surface area (Å²) in [6.45, 7) is 4.86. The molecule has 1 N–H and O–H groups in total. The summed E-state index contributed by atoms with van der Waals surface area (Å²) < 4.78 is 32.6. The number of carbonyl (C=O) groups is 1. The number of sulfonamides is 1. The number of nitrogens with one attached hydrogen (secondary N) is 1. The molecule has 31 heavy (non-hydrogen) atoms. The summed E-state index contributed by atoms with van der Waals surface area (Å²) in [6.07, 6.45) is 0.793. The molecule has 1 fully saturated rings. The van der Waals surface area contributed by atoms with Gasteiger partial charge in [-0.1, -0.05) is 41.9 Å². The molecule has 0 aliphatic carbocycles. The van der Waals surface area contributed by atoms with Gasteiger partial charge in [0.1, 0.15) is 0 Å². The fourth-order valence-electron chi connectivity index (χ4n) is 3.37. The normalized spacial score (nSPS) is 15.2. The fourth-order valence-corrected chi connectivity index (χ4v) is 4.76.